The largest absolute Gasteiger partial charge is 0.481 e. The number of nitrogens with zero attached hydrogens (tertiary/aromatic N) is 3. The third-order valence-electron chi connectivity index (χ3n) is 3.27. The second-order valence-electron chi connectivity index (χ2n) is 4.78. The third-order valence-corrected chi connectivity index (χ3v) is 3.46. The summed E-state index contributed by atoms with van der Waals surface area (Å²) >= 11 is 5.87. The van der Waals surface area contributed by atoms with E-state index in [0.717, 1.165) is 49.4 Å². The molecule has 0 amide bonds. The van der Waals surface area contributed by atoms with Gasteiger partial charge in [0.1, 0.15) is 11.3 Å². The van der Waals surface area contributed by atoms with E-state index in [1.165, 1.54) is 0 Å². The highest BCUT2D eigenvalue weighted by molar-refractivity contribution is 6.17. The lowest BCUT2D eigenvalue weighted by atomic mass is 10.4. The molecule has 2 heterocycles. The molecule has 0 aromatic carbocycles. The van der Waals surface area contributed by atoms with Crippen LogP contribution in [0.4, 0.5) is 0 Å². The minimum absolute atomic E-state index is 0.539. The van der Waals surface area contributed by atoms with Crippen LogP contribution in [0.3, 0.4) is 0 Å². The molecule has 0 bridgehead atoms. The molecule has 0 N–H and O–H groups in total. The summed E-state index contributed by atoms with van der Waals surface area (Å²) in [4.78, 5) is 9.09. The van der Waals surface area contributed by atoms with Gasteiger partial charge in [0.2, 0.25) is 5.88 Å². The molecular formula is C15H22ClN3O2. The quantitative estimate of drug-likeness (QED) is 0.527. The number of imidazole rings is 1. The molecule has 0 saturated heterocycles. The molecule has 0 unspecified atom stereocenters. The summed E-state index contributed by atoms with van der Waals surface area (Å²) in [6.45, 7) is 4.33. The molecule has 2 aromatic heterocycles. The highest BCUT2D eigenvalue weighted by Crippen LogP contribution is 2.18. The van der Waals surface area contributed by atoms with Crippen LogP contribution in [-0.2, 0) is 17.7 Å². The zero-order chi connectivity index (χ0) is 15.1. The summed E-state index contributed by atoms with van der Waals surface area (Å²) in [5.41, 5.74) is 1.69. The fraction of sp³-hybridized carbons (Fsp3) is 0.600. The van der Waals surface area contributed by atoms with Crippen LogP contribution in [0.5, 0.6) is 5.88 Å². The fourth-order valence-electron chi connectivity index (χ4n) is 2.16. The van der Waals surface area contributed by atoms with Gasteiger partial charge in [-0.15, -0.1) is 11.6 Å². The Kier molecular flexibility index (Phi) is 6.26. The van der Waals surface area contributed by atoms with Crippen molar-refractivity contribution in [2.45, 2.75) is 32.7 Å². The number of aromatic nitrogens is 3. The van der Waals surface area contributed by atoms with Crippen molar-refractivity contribution in [2.75, 3.05) is 26.2 Å². The molecular weight excluding hydrogens is 290 g/mol. The van der Waals surface area contributed by atoms with Crippen molar-refractivity contribution in [3.05, 3.63) is 18.0 Å². The Labute approximate surface area is 130 Å². The van der Waals surface area contributed by atoms with Gasteiger partial charge in [0.05, 0.1) is 13.7 Å². The first-order chi connectivity index (χ1) is 10.3. The van der Waals surface area contributed by atoms with E-state index in [-0.39, 0.29) is 0 Å². The van der Waals surface area contributed by atoms with Gasteiger partial charge in [-0.2, -0.15) is 4.98 Å². The van der Waals surface area contributed by atoms with Gasteiger partial charge in [-0.25, -0.2) is 4.98 Å². The van der Waals surface area contributed by atoms with Gasteiger partial charge in [-0.3, -0.25) is 0 Å². The lowest BCUT2D eigenvalue weighted by molar-refractivity contribution is 0.123. The number of hydrogen-bond acceptors (Lipinski definition) is 4. The van der Waals surface area contributed by atoms with Crippen molar-refractivity contribution >= 4 is 22.8 Å². The highest BCUT2D eigenvalue weighted by atomic mass is 35.5. The van der Waals surface area contributed by atoms with Crippen LogP contribution in [0.1, 0.15) is 25.6 Å². The number of fused-ring (bicyclic) bond motifs is 1. The molecule has 0 saturated carbocycles. The number of methoxy groups -OCH3 is 1. The highest BCUT2D eigenvalue weighted by Gasteiger charge is 2.12. The summed E-state index contributed by atoms with van der Waals surface area (Å²) < 4.78 is 12.9. The molecule has 2 rings (SSSR count). The molecule has 0 fully saturated rings. The predicted octanol–water partition coefficient (Wildman–Crippen LogP) is 3.04. The van der Waals surface area contributed by atoms with Crippen LogP contribution in [0, 0.1) is 0 Å². The maximum Gasteiger partial charge on any atom is 0.215 e. The third kappa shape index (κ3) is 4.08. The molecule has 6 heteroatoms. The number of aryl methyl sites for hydroxylation is 1. The average molecular weight is 312 g/mol. The second-order valence-corrected chi connectivity index (χ2v) is 5.16. The zero-order valence-electron chi connectivity index (χ0n) is 12.6. The molecule has 0 aliphatic heterocycles. The number of alkyl halides is 1. The minimum Gasteiger partial charge on any atom is -0.481 e. The Morgan fingerprint density at radius 2 is 2.10 bits per heavy atom. The molecule has 0 spiro atoms. The number of rotatable bonds is 9. The van der Waals surface area contributed by atoms with Crippen LogP contribution in [0.2, 0.25) is 0 Å². The van der Waals surface area contributed by atoms with Crippen LogP contribution in [-0.4, -0.2) is 40.7 Å². The first kappa shape index (κ1) is 16.0. The van der Waals surface area contributed by atoms with Gasteiger partial charge >= 0.3 is 0 Å². The van der Waals surface area contributed by atoms with Crippen molar-refractivity contribution in [2.24, 2.45) is 0 Å². The van der Waals surface area contributed by atoms with E-state index >= 15 is 0 Å². The Morgan fingerprint density at radius 3 is 2.81 bits per heavy atom. The summed E-state index contributed by atoms with van der Waals surface area (Å²) in [5.74, 6) is 2.07. The normalized spacial score (nSPS) is 11.2. The number of pyridine rings is 1. The molecule has 116 valence electrons. The van der Waals surface area contributed by atoms with Crippen molar-refractivity contribution in [1.82, 2.24) is 14.5 Å². The second kappa shape index (κ2) is 8.20. The van der Waals surface area contributed by atoms with E-state index in [4.69, 9.17) is 21.1 Å². The topological polar surface area (TPSA) is 49.2 Å². The Bertz CT molecular complexity index is 571. The molecule has 0 aliphatic rings. The fourth-order valence-corrected chi connectivity index (χ4v) is 2.33. The summed E-state index contributed by atoms with van der Waals surface area (Å²) in [7, 11) is 1.61. The number of hydrogen-bond donors (Lipinski definition) is 0. The number of ether oxygens (including phenoxy) is 2. The first-order valence-electron chi connectivity index (χ1n) is 7.34. The van der Waals surface area contributed by atoms with Crippen LogP contribution < -0.4 is 4.74 Å². The van der Waals surface area contributed by atoms with Gasteiger partial charge in [-0.1, -0.05) is 13.3 Å². The maximum atomic E-state index is 5.87. The summed E-state index contributed by atoms with van der Waals surface area (Å²) in [6.07, 6.45) is 2.95. The molecule has 0 radical (unpaired) electrons. The van der Waals surface area contributed by atoms with E-state index in [9.17, 15) is 0 Å². The lowest BCUT2D eigenvalue weighted by Gasteiger charge is -2.09. The molecule has 21 heavy (non-hydrogen) atoms. The van der Waals surface area contributed by atoms with E-state index in [2.05, 4.69) is 21.5 Å². The van der Waals surface area contributed by atoms with E-state index in [0.29, 0.717) is 18.4 Å². The standard InChI is InChI=1S/C15H22ClN3O2/c1-3-4-10-21-11-9-19-13(7-8-16)17-12-5-6-14(20-2)18-15(12)19/h5-6H,3-4,7-11H2,1-2H3. The first-order valence-corrected chi connectivity index (χ1v) is 7.87. The number of unbranched alkanes of at least 4 members (excludes halogenated alkanes) is 1. The van der Waals surface area contributed by atoms with Crippen molar-refractivity contribution in [3.8, 4) is 5.88 Å². The monoisotopic (exact) mass is 311 g/mol. The van der Waals surface area contributed by atoms with E-state index in [1.807, 2.05) is 12.1 Å². The SMILES string of the molecule is CCCCOCCn1c(CCCl)nc2ccc(OC)nc21. The van der Waals surface area contributed by atoms with Crippen molar-refractivity contribution < 1.29 is 9.47 Å². The number of halogens is 1. The van der Waals surface area contributed by atoms with E-state index < -0.39 is 0 Å². The Hall–Kier alpha value is -1.33. The lowest BCUT2D eigenvalue weighted by Crippen LogP contribution is -2.11. The maximum absolute atomic E-state index is 5.87. The smallest absolute Gasteiger partial charge is 0.215 e. The van der Waals surface area contributed by atoms with Crippen molar-refractivity contribution in [1.29, 1.82) is 0 Å². The molecule has 0 atom stereocenters. The molecule has 2 aromatic rings. The summed E-state index contributed by atoms with van der Waals surface area (Å²) in [6, 6.07) is 3.75. The predicted molar refractivity (Wildman–Crippen MR) is 84.2 cm³/mol. The Balaban J connectivity index is 2.18. The minimum atomic E-state index is 0.539. The van der Waals surface area contributed by atoms with Gasteiger partial charge in [0.15, 0.2) is 5.65 Å². The van der Waals surface area contributed by atoms with Gasteiger partial charge in [0.25, 0.3) is 0 Å². The molecule has 0 aliphatic carbocycles. The zero-order valence-corrected chi connectivity index (χ0v) is 13.4. The van der Waals surface area contributed by atoms with Crippen molar-refractivity contribution in [3.63, 3.8) is 0 Å². The van der Waals surface area contributed by atoms with Gasteiger partial charge < -0.3 is 14.0 Å². The van der Waals surface area contributed by atoms with Gasteiger partial charge in [-0.05, 0) is 12.5 Å². The Morgan fingerprint density at radius 1 is 1.24 bits per heavy atom. The molecule has 5 nitrogen and oxygen atoms in total. The average Bonchev–Trinajstić information content (AvgIpc) is 2.84. The van der Waals surface area contributed by atoms with Crippen LogP contribution >= 0.6 is 11.6 Å². The van der Waals surface area contributed by atoms with Crippen LogP contribution in [0.25, 0.3) is 11.2 Å². The van der Waals surface area contributed by atoms with Crippen LogP contribution in [0.15, 0.2) is 12.1 Å². The van der Waals surface area contributed by atoms with E-state index in [1.54, 1.807) is 7.11 Å². The summed E-state index contributed by atoms with van der Waals surface area (Å²) in [5, 5.41) is 0. The van der Waals surface area contributed by atoms with Gasteiger partial charge in [0, 0.05) is 31.5 Å².